The summed E-state index contributed by atoms with van der Waals surface area (Å²) in [6, 6.07) is 2.04. The number of halogens is 1. The molecule has 5 heteroatoms. The second-order valence-corrected chi connectivity index (χ2v) is 4.18. The maximum atomic E-state index is 5.10. The molecule has 0 aliphatic rings. The Kier molecular flexibility index (Phi) is 6.33. The third-order valence-corrected chi connectivity index (χ3v) is 2.67. The molecule has 0 bridgehead atoms. The molecular formula is C11H18BrN3O. The van der Waals surface area contributed by atoms with E-state index in [2.05, 4.69) is 37.7 Å². The number of aromatic nitrogens is 2. The molecule has 1 aromatic rings. The van der Waals surface area contributed by atoms with Crippen LogP contribution < -0.4 is 4.90 Å². The molecule has 0 aromatic carbocycles. The van der Waals surface area contributed by atoms with Gasteiger partial charge in [0.15, 0.2) is 0 Å². The SMILES string of the molecule is CCc1cc(N(CCBr)CCOC)ncn1. The molecule has 0 fully saturated rings. The maximum Gasteiger partial charge on any atom is 0.132 e. The van der Waals surface area contributed by atoms with Crippen LogP contribution in [0.4, 0.5) is 5.82 Å². The fourth-order valence-corrected chi connectivity index (χ4v) is 1.82. The van der Waals surface area contributed by atoms with Gasteiger partial charge in [-0.2, -0.15) is 0 Å². The van der Waals surface area contributed by atoms with Crippen molar-refractivity contribution in [2.75, 3.05) is 37.0 Å². The number of anilines is 1. The van der Waals surface area contributed by atoms with Crippen molar-refractivity contribution in [2.45, 2.75) is 13.3 Å². The van der Waals surface area contributed by atoms with E-state index in [1.165, 1.54) is 0 Å². The lowest BCUT2D eigenvalue weighted by Crippen LogP contribution is -2.30. The topological polar surface area (TPSA) is 38.2 Å². The van der Waals surface area contributed by atoms with Gasteiger partial charge in [-0.15, -0.1) is 0 Å². The van der Waals surface area contributed by atoms with Gasteiger partial charge in [-0.1, -0.05) is 22.9 Å². The van der Waals surface area contributed by atoms with Crippen molar-refractivity contribution in [3.8, 4) is 0 Å². The molecule has 0 N–H and O–H groups in total. The van der Waals surface area contributed by atoms with Crippen LogP contribution in [-0.2, 0) is 11.2 Å². The lowest BCUT2D eigenvalue weighted by atomic mass is 10.3. The van der Waals surface area contributed by atoms with Gasteiger partial charge in [-0.05, 0) is 6.42 Å². The Morgan fingerprint density at radius 3 is 2.81 bits per heavy atom. The van der Waals surface area contributed by atoms with Gasteiger partial charge in [0.05, 0.1) is 6.61 Å². The van der Waals surface area contributed by atoms with Gasteiger partial charge in [0, 0.05) is 37.3 Å². The highest BCUT2D eigenvalue weighted by atomic mass is 79.9. The first kappa shape index (κ1) is 13.4. The van der Waals surface area contributed by atoms with Crippen molar-refractivity contribution in [1.29, 1.82) is 0 Å². The quantitative estimate of drug-likeness (QED) is 0.718. The average molecular weight is 288 g/mol. The second kappa shape index (κ2) is 7.57. The number of rotatable bonds is 7. The molecule has 0 radical (unpaired) electrons. The van der Waals surface area contributed by atoms with E-state index in [0.29, 0.717) is 6.61 Å². The number of nitrogens with zero attached hydrogens (tertiary/aromatic N) is 3. The van der Waals surface area contributed by atoms with E-state index in [4.69, 9.17) is 4.74 Å². The van der Waals surface area contributed by atoms with E-state index in [9.17, 15) is 0 Å². The number of ether oxygens (including phenoxy) is 1. The summed E-state index contributed by atoms with van der Waals surface area (Å²) in [6.45, 7) is 4.57. The first-order chi connectivity index (χ1) is 7.81. The number of methoxy groups -OCH3 is 1. The monoisotopic (exact) mass is 287 g/mol. The molecule has 0 saturated carbocycles. The van der Waals surface area contributed by atoms with Crippen LogP contribution in [0, 0.1) is 0 Å². The van der Waals surface area contributed by atoms with E-state index >= 15 is 0 Å². The molecule has 90 valence electrons. The molecular weight excluding hydrogens is 270 g/mol. The van der Waals surface area contributed by atoms with Gasteiger partial charge in [-0.25, -0.2) is 9.97 Å². The van der Waals surface area contributed by atoms with Crippen molar-refractivity contribution < 1.29 is 4.74 Å². The largest absolute Gasteiger partial charge is 0.383 e. The summed E-state index contributed by atoms with van der Waals surface area (Å²) >= 11 is 3.45. The van der Waals surface area contributed by atoms with Crippen LogP contribution in [0.25, 0.3) is 0 Å². The number of aryl methyl sites for hydroxylation is 1. The van der Waals surface area contributed by atoms with E-state index in [0.717, 1.165) is 36.4 Å². The summed E-state index contributed by atoms with van der Waals surface area (Å²) in [4.78, 5) is 10.7. The highest BCUT2D eigenvalue weighted by Crippen LogP contribution is 2.11. The zero-order chi connectivity index (χ0) is 11.8. The molecule has 16 heavy (non-hydrogen) atoms. The highest BCUT2D eigenvalue weighted by molar-refractivity contribution is 9.09. The van der Waals surface area contributed by atoms with Gasteiger partial charge in [0.2, 0.25) is 0 Å². The fraction of sp³-hybridized carbons (Fsp3) is 0.636. The van der Waals surface area contributed by atoms with Crippen LogP contribution in [0.3, 0.4) is 0 Å². The van der Waals surface area contributed by atoms with Crippen LogP contribution >= 0.6 is 15.9 Å². The standard InChI is InChI=1S/C11H18BrN3O/c1-3-10-8-11(14-9-13-10)15(5-4-12)6-7-16-2/h8-9H,3-7H2,1-2H3. The number of hydrogen-bond donors (Lipinski definition) is 0. The zero-order valence-corrected chi connectivity index (χ0v) is 11.4. The summed E-state index contributed by atoms with van der Waals surface area (Å²) in [6.07, 6.45) is 2.56. The molecule has 0 unspecified atom stereocenters. The molecule has 0 atom stereocenters. The predicted octanol–water partition coefficient (Wildman–Crippen LogP) is 1.89. The fourth-order valence-electron chi connectivity index (χ4n) is 1.40. The van der Waals surface area contributed by atoms with E-state index < -0.39 is 0 Å². The van der Waals surface area contributed by atoms with Gasteiger partial charge < -0.3 is 9.64 Å². The Hall–Kier alpha value is -0.680. The summed E-state index contributed by atoms with van der Waals surface area (Å²) in [7, 11) is 1.71. The van der Waals surface area contributed by atoms with Crippen molar-refractivity contribution in [1.82, 2.24) is 9.97 Å². The van der Waals surface area contributed by atoms with Crippen LogP contribution in [0.1, 0.15) is 12.6 Å². The minimum atomic E-state index is 0.707. The Labute approximate surface area is 105 Å². The summed E-state index contributed by atoms with van der Waals surface area (Å²) in [5.41, 5.74) is 1.07. The molecule has 1 heterocycles. The summed E-state index contributed by atoms with van der Waals surface area (Å²) in [5.74, 6) is 0.975. The molecule has 0 spiro atoms. The van der Waals surface area contributed by atoms with Crippen LogP contribution in [0.5, 0.6) is 0 Å². The van der Waals surface area contributed by atoms with Crippen molar-refractivity contribution >= 4 is 21.7 Å². The Morgan fingerprint density at radius 2 is 2.19 bits per heavy atom. The Balaban J connectivity index is 2.73. The molecule has 0 aliphatic heterocycles. The third kappa shape index (κ3) is 4.06. The molecule has 0 aliphatic carbocycles. The maximum absolute atomic E-state index is 5.10. The second-order valence-electron chi connectivity index (χ2n) is 3.39. The first-order valence-electron chi connectivity index (χ1n) is 5.42. The van der Waals surface area contributed by atoms with E-state index in [1.54, 1.807) is 13.4 Å². The predicted molar refractivity (Wildman–Crippen MR) is 69.3 cm³/mol. The van der Waals surface area contributed by atoms with Crippen molar-refractivity contribution in [2.24, 2.45) is 0 Å². The van der Waals surface area contributed by atoms with Crippen LogP contribution in [0.2, 0.25) is 0 Å². The number of alkyl halides is 1. The number of hydrogen-bond acceptors (Lipinski definition) is 4. The lowest BCUT2D eigenvalue weighted by molar-refractivity contribution is 0.205. The van der Waals surface area contributed by atoms with E-state index in [-0.39, 0.29) is 0 Å². The smallest absolute Gasteiger partial charge is 0.132 e. The minimum Gasteiger partial charge on any atom is -0.383 e. The third-order valence-electron chi connectivity index (χ3n) is 2.32. The van der Waals surface area contributed by atoms with Crippen LogP contribution in [-0.4, -0.2) is 42.1 Å². The lowest BCUT2D eigenvalue weighted by Gasteiger charge is -2.22. The van der Waals surface area contributed by atoms with Gasteiger partial charge in [0.25, 0.3) is 0 Å². The Morgan fingerprint density at radius 1 is 1.38 bits per heavy atom. The first-order valence-corrected chi connectivity index (χ1v) is 6.54. The van der Waals surface area contributed by atoms with Crippen molar-refractivity contribution in [3.05, 3.63) is 18.1 Å². The molecule has 4 nitrogen and oxygen atoms in total. The minimum absolute atomic E-state index is 0.707. The summed E-state index contributed by atoms with van der Waals surface area (Å²) in [5, 5.41) is 0.919. The van der Waals surface area contributed by atoms with Gasteiger partial charge >= 0.3 is 0 Å². The summed E-state index contributed by atoms with van der Waals surface area (Å²) < 4.78 is 5.10. The zero-order valence-electron chi connectivity index (χ0n) is 9.82. The van der Waals surface area contributed by atoms with Crippen molar-refractivity contribution in [3.63, 3.8) is 0 Å². The average Bonchev–Trinajstić information content (AvgIpc) is 2.34. The van der Waals surface area contributed by atoms with Crippen LogP contribution in [0.15, 0.2) is 12.4 Å². The normalized spacial score (nSPS) is 10.4. The van der Waals surface area contributed by atoms with Gasteiger partial charge in [-0.3, -0.25) is 0 Å². The molecule has 1 aromatic heterocycles. The Bertz CT molecular complexity index is 309. The molecule has 0 amide bonds. The van der Waals surface area contributed by atoms with Gasteiger partial charge in [0.1, 0.15) is 12.1 Å². The molecule has 0 saturated heterocycles. The van der Waals surface area contributed by atoms with E-state index in [1.807, 2.05) is 6.07 Å². The molecule has 1 rings (SSSR count). The highest BCUT2D eigenvalue weighted by Gasteiger charge is 2.07.